The van der Waals surface area contributed by atoms with Gasteiger partial charge in [0, 0.05) is 11.6 Å². The highest BCUT2D eigenvalue weighted by Gasteiger charge is 2.20. The lowest BCUT2D eigenvalue weighted by atomic mass is 10.1. The van der Waals surface area contributed by atoms with Crippen molar-refractivity contribution in [2.75, 3.05) is 13.2 Å². The lowest BCUT2D eigenvalue weighted by Crippen LogP contribution is -2.25. The van der Waals surface area contributed by atoms with Crippen LogP contribution in [0, 0.1) is 0 Å². The van der Waals surface area contributed by atoms with Gasteiger partial charge in [-0.2, -0.15) is 0 Å². The molecule has 2 rings (SSSR count). The molecule has 1 aromatic carbocycles. The van der Waals surface area contributed by atoms with Gasteiger partial charge in [0.1, 0.15) is 6.10 Å². The molecule has 94 valence electrons. The van der Waals surface area contributed by atoms with Gasteiger partial charge in [0.15, 0.2) is 6.29 Å². The summed E-state index contributed by atoms with van der Waals surface area (Å²) in [4.78, 5) is 0. The van der Waals surface area contributed by atoms with E-state index in [1.807, 2.05) is 18.2 Å². The van der Waals surface area contributed by atoms with E-state index in [4.69, 9.17) is 21.1 Å². The van der Waals surface area contributed by atoms with Crippen LogP contribution in [0.5, 0.6) is 0 Å². The van der Waals surface area contributed by atoms with Crippen LogP contribution in [0.3, 0.4) is 0 Å². The molecule has 1 saturated heterocycles. The van der Waals surface area contributed by atoms with Crippen molar-refractivity contribution in [1.82, 2.24) is 0 Å². The SMILES string of the molecule is OC[C@H](O[C@@H]1CCCCO1)c1cccc(Cl)c1. The molecule has 1 aliphatic rings. The summed E-state index contributed by atoms with van der Waals surface area (Å²) in [5.74, 6) is 0. The normalized spacial score (nSPS) is 22.4. The van der Waals surface area contributed by atoms with Crippen LogP contribution < -0.4 is 0 Å². The molecular weight excluding hydrogens is 240 g/mol. The maximum atomic E-state index is 9.38. The number of benzene rings is 1. The van der Waals surface area contributed by atoms with Crippen LogP contribution in [0.1, 0.15) is 30.9 Å². The quantitative estimate of drug-likeness (QED) is 0.900. The molecule has 0 radical (unpaired) electrons. The highest BCUT2D eigenvalue weighted by molar-refractivity contribution is 6.30. The Morgan fingerprint density at radius 3 is 3.00 bits per heavy atom. The number of aliphatic hydroxyl groups excluding tert-OH is 1. The Morgan fingerprint density at radius 2 is 2.35 bits per heavy atom. The van der Waals surface area contributed by atoms with Crippen LogP contribution in [0.25, 0.3) is 0 Å². The van der Waals surface area contributed by atoms with Gasteiger partial charge in [-0.15, -0.1) is 0 Å². The van der Waals surface area contributed by atoms with Crippen molar-refractivity contribution in [2.45, 2.75) is 31.7 Å². The lowest BCUT2D eigenvalue weighted by molar-refractivity contribution is -0.196. The van der Waals surface area contributed by atoms with Crippen LogP contribution in [0.4, 0.5) is 0 Å². The molecule has 2 atom stereocenters. The number of aliphatic hydroxyl groups is 1. The summed E-state index contributed by atoms with van der Waals surface area (Å²) in [6.07, 6.45) is 2.51. The average molecular weight is 257 g/mol. The van der Waals surface area contributed by atoms with E-state index in [-0.39, 0.29) is 19.0 Å². The highest BCUT2D eigenvalue weighted by atomic mass is 35.5. The smallest absolute Gasteiger partial charge is 0.158 e. The molecular formula is C13H17ClO3. The second-order valence-electron chi connectivity index (χ2n) is 4.16. The minimum atomic E-state index is -0.364. The minimum absolute atomic E-state index is 0.0692. The largest absolute Gasteiger partial charge is 0.393 e. The van der Waals surface area contributed by atoms with Gasteiger partial charge < -0.3 is 14.6 Å². The third kappa shape index (κ3) is 3.68. The number of hydrogen-bond donors (Lipinski definition) is 1. The molecule has 1 aromatic rings. The molecule has 0 amide bonds. The Balaban J connectivity index is 2.00. The Labute approximate surface area is 106 Å². The van der Waals surface area contributed by atoms with Gasteiger partial charge in [0.25, 0.3) is 0 Å². The summed E-state index contributed by atoms with van der Waals surface area (Å²) in [7, 11) is 0. The van der Waals surface area contributed by atoms with Crippen LogP contribution >= 0.6 is 11.6 Å². The van der Waals surface area contributed by atoms with Gasteiger partial charge >= 0.3 is 0 Å². The summed E-state index contributed by atoms with van der Waals surface area (Å²) in [6.45, 7) is 0.665. The van der Waals surface area contributed by atoms with Gasteiger partial charge in [-0.05, 0) is 37.0 Å². The molecule has 3 nitrogen and oxygen atoms in total. The topological polar surface area (TPSA) is 38.7 Å². The van der Waals surface area contributed by atoms with Crippen molar-refractivity contribution in [2.24, 2.45) is 0 Å². The standard InChI is InChI=1S/C13H17ClO3/c14-11-5-3-4-10(8-11)12(9-15)17-13-6-1-2-7-16-13/h3-5,8,12-13,15H,1-2,6-7,9H2/t12-,13+/m0/s1. The maximum Gasteiger partial charge on any atom is 0.158 e. The monoisotopic (exact) mass is 256 g/mol. The minimum Gasteiger partial charge on any atom is -0.393 e. The van der Waals surface area contributed by atoms with Crippen molar-refractivity contribution in [3.05, 3.63) is 34.9 Å². The first-order chi connectivity index (χ1) is 8.29. The molecule has 0 bridgehead atoms. The zero-order valence-electron chi connectivity index (χ0n) is 9.64. The van der Waals surface area contributed by atoms with Gasteiger partial charge in [-0.25, -0.2) is 0 Å². The van der Waals surface area contributed by atoms with E-state index in [0.29, 0.717) is 5.02 Å². The number of halogens is 1. The van der Waals surface area contributed by atoms with E-state index >= 15 is 0 Å². The molecule has 1 N–H and O–H groups in total. The van der Waals surface area contributed by atoms with E-state index < -0.39 is 0 Å². The summed E-state index contributed by atoms with van der Waals surface area (Å²) in [6, 6.07) is 7.36. The van der Waals surface area contributed by atoms with Crippen molar-refractivity contribution in [3.63, 3.8) is 0 Å². The van der Waals surface area contributed by atoms with Gasteiger partial charge in [0.05, 0.1) is 6.61 Å². The maximum absolute atomic E-state index is 9.38. The third-order valence-electron chi connectivity index (χ3n) is 2.84. The van der Waals surface area contributed by atoms with E-state index in [9.17, 15) is 5.11 Å². The highest BCUT2D eigenvalue weighted by Crippen LogP contribution is 2.25. The second kappa shape index (κ2) is 6.36. The van der Waals surface area contributed by atoms with E-state index in [1.54, 1.807) is 6.07 Å². The first-order valence-corrected chi connectivity index (χ1v) is 6.31. The Bertz CT molecular complexity index is 350. The molecule has 1 fully saturated rings. The fourth-order valence-corrected chi connectivity index (χ4v) is 2.13. The molecule has 4 heteroatoms. The average Bonchev–Trinajstić information content (AvgIpc) is 2.37. The summed E-state index contributed by atoms with van der Waals surface area (Å²) >= 11 is 5.92. The number of rotatable bonds is 4. The van der Waals surface area contributed by atoms with Crippen molar-refractivity contribution in [1.29, 1.82) is 0 Å². The molecule has 0 spiro atoms. The number of hydrogen-bond acceptors (Lipinski definition) is 3. The van der Waals surface area contributed by atoms with Crippen molar-refractivity contribution in [3.8, 4) is 0 Å². The molecule has 0 aliphatic carbocycles. The van der Waals surface area contributed by atoms with Crippen molar-refractivity contribution < 1.29 is 14.6 Å². The van der Waals surface area contributed by atoms with E-state index in [2.05, 4.69) is 0 Å². The molecule has 17 heavy (non-hydrogen) atoms. The van der Waals surface area contributed by atoms with Crippen LogP contribution in [0.2, 0.25) is 5.02 Å². The predicted molar refractivity (Wildman–Crippen MR) is 66.0 cm³/mol. The third-order valence-corrected chi connectivity index (χ3v) is 3.08. The van der Waals surface area contributed by atoms with Gasteiger partial charge in [0.2, 0.25) is 0 Å². The zero-order valence-corrected chi connectivity index (χ0v) is 10.4. The lowest BCUT2D eigenvalue weighted by Gasteiger charge is -2.27. The zero-order chi connectivity index (χ0) is 12.1. The van der Waals surface area contributed by atoms with E-state index in [0.717, 1.165) is 31.4 Å². The van der Waals surface area contributed by atoms with Gasteiger partial charge in [-0.3, -0.25) is 0 Å². The number of ether oxygens (including phenoxy) is 2. The first kappa shape index (κ1) is 12.8. The second-order valence-corrected chi connectivity index (χ2v) is 4.59. The van der Waals surface area contributed by atoms with Crippen LogP contribution in [-0.2, 0) is 9.47 Å². The summed E-state index contributed by atoms with van der Waals surface area (Å²) in [5, 5.41) is 10.0. The molecule has 1 heterocycles. The molecule has 0 saturated carbocycles. The molecule has 0 aromatic heterocycles. The fourth-order valence-electron chi connectivity index (χ4n) is 1.94. The first-order valence-electron chi connectivity index (χ1n) is 5.93. The summed E-state index contributed by atoms with van der Waals surface area (Å²) in [5.41, 5.74) is 0.883. The Kier molecular flexibility index (Phi) is 4.80. The predicted octanol–water partition coefficient (Wildman–Crippen LogP) is 2.92. The van der Waals surface area contributed by atoms with Crippen molar-refractivity contribution >= 4 is 11.6 Å². The molecule has 0 unspecified atom stereocenters. The van der Waals surface area contributed by atoms with Gasteiger partial charge in [-0.1, -0.05) is 23.7 Å². The van der Waals surface area contributed by atoms with E-state index in [1.165, 1.54) is 0 Å². The summed E-state index contributed by atoms with van der Waals surface area (Å²) < 4.78 is 11.2. The van der Waals surface area contributed by atoms with Crippen LogP contribution in [0.15, 0.2) is 24.3 Å². The Hall–Kier alpha value is -0.610. The Morgan fingerprint density at radius 1 is 1.47 bits per heavy atom. The van der Waals surface area contributed by atoms with Crippen LogP contribution in [-0.4, -0.2) is 24.6 Å². The fraction of sp³-hybridized carbons (Fsp3) is 0.538. The molecule has 1 aliphatic heterocycles.